The second-order valence-electron chi connectivity index (χ2n) is 3.47. The third-order valence-electron chi connectivity index (χ3n) is 2.44. The van der Waals surface area contributed by atoms with E-state index in [-0.39, 0.29) is 6.54 Å². The SMILES string of the molecule is COc1cccc2c1N(CC(=O)O)CCS2. The smallest absolute Gasteiger partial charge is 0.323 e. The third kappa shape index (κ3) is 2.09. The van der Waals surface area contributed by atoms with E-state index in [2.05, 4.69) is 0 Å². The Morgan fingerprint density at radius 3 is 3.12 bits per heavy atom. The van der Waals surface area contributed by atoms with Crippen LogP contribution in [0.15, 0.2) is 23.1 Å². The molecule has 16 heavy (non-hydrogen) atoms. The summed E-state index contributed by atoms with van der Waals surface area (Å²) in [6.07, 6.45) is 0. The number of anilines is 1. The third-order valence-corrected chi connectivity index (χ3v) is 3.47. The van der Waals surface area contributed by atoms with E-state index in [0.29, 0.717) is 0 Å². The fourth-order valence-corrected chi connectivity index (χ4v) is 2.87. The lowest BCUT2D eigenvalue weighted by Gasteiger charge is -2.30. The molecule has 0 saturated carbocycles. The zero-order valence-corrected chi connectivity index (χ0v) is 9.79. The monoisotopic (exact) mass is 239 g/mol. The van der Waals surface area contributed by atoms with Crippen LogP contribution in [0.25, 0.3) is 0 Å². The van der Waals surface area contributed by atoms with Crippen molar-refractivity contribution in [3.8, 4) is 5.75 Å². The lowest BCUT2D eigenvalue weighted by atomic mass is 10.2. The van der Waals surface area contributed by atoms with E-state index in [1.807, 2.05) is 23.1 Å². The minimum atomic E-state index is -0.816. The van der Waals surface area contributed by atoms with Gasteiger partial charge in [-0.3, -0.25) is 4.79 Å². The molecular weight excluding hydrogens is 226 g/mol. The van der Waals surface area contributed by atoms with Gasteiger partial charge in [-0.25, -0.2) is 0 Å². The van der Waals surface area contributed by atoms with Crippen molar-refractivity contribution in [2.75, 3.05) is 30.9 Å². The Hall–Kier alpha value is -1.36. The predicted molar refractivity (Wildman–Crippen MR) is 63.6 cm³/mol. The van der Waals surface area contributed by atoms with E-state index in [0.717, 1.165) is 28.6 Å². The van der Waals surface area contributed by atoms with E-state index >= 15 is 0 Å². The molecule has 0 spiro atoms. The van der Waals surface area contributed by atoms with E-state index in [4.69, 9.17) is 9.84 Å². The molecule has 0 fully saturated rings. The van der Waals surface area contributed by atoms with Crippen LogP contribution in [-0.4, -0.2) is 37.0 Å². The molecule has 1 heterocycles. The number of aliphatic carboxylic acids is 1. The van der Waals surface area contributed by atoms with Crippen molar-refractivity contribution in [2.45, 2.75) is 4.90 Å². The number of methoxy groups -OCH3 is 1. The summed E-state index contributed by atoms with van der Waals surface area (Å²) < 4.78 is 5.28. The van der Waals surface area contributed by atoms with Gasteiger partial charge in [-0.15, -0.1) is 11.8 Å². The van der Waals surface area contributed by atoms with Crippen LogP contribution in [0.1, 0.15) is 0 Å². The number of hydrogen-bond donors (Lipinski definition) is 1. The quantitative estimate of drug-likeness (QED) is 0.870. The Kier molecular flexibility index (Phi) is 3.24. The molecule has 5 heteroatoms. The van der Waals surface area contributed by atoms with Crippen molar-refractivity contribution in [1.29, 1.82) is 0 Å². The maximum atomic E-state index is 10.8. The Morgan fingerprint density at radius 2 is 2.44 bits per heavy atom. The first-order valence-corrected chi connectivity index (χ1v) is 5.97. The van der Waals surface area contributed by atoms with E-state index < -0.39 is 5.97 Å². The summed E-state index contributed by atoms with van der Waals surface area (Å²) in [4.78, 5) is 13.7. The highest BCUT2D eigenvalue weighted by Gasteiger charge is 2.22. The Labute approximate surface area is 98.2 Å². The van der Waals surface area contributed by atoms with Gasteiger partial charge in [-0.1, -0.05) is 6.07 Å². The van der Waals surface area contributed by atoms with E-state index in [1.165, 1.54) is 0 Å². The molecule has 0 unspecified atom stereocenters. The fraction of sp³-hybridized carbons (Fsp3) is 0.364. The molecule has 1 aromatic carbocycles. The van der Waals surface area contributed by atoms with Crippen LogP contribution in [0.3, 0.4) is 0 Å². The van der Waals surface area contributed by atoms with Gasteiger partial charge in [0.25, 0.3) is 0 Å². The van der Waals surface area contributed by atoms with Crippen LogP contribution < -0.4 is 9.64 Å². The average molecular weight is 239 g/mol. The molecule has 0 atom stereocenters. The van der Waals surface area contributed by atoms with Gasteiger partial charge in [0.05, 0.1) is 12.8 Å². The number of carbonyl (C=O) groups is 1. The van der Waals surface area contributed by atoms with Crippen molar-refractivity contribution < 1.29 is 14.6 Å². The number of hydrogen-bond acceptors (Lipinski definition) is 4. The number of rotatable bonds is 3. The average Bonchev–Trinajstić information content (AvgIpc) is 2.28. The van der Waals surface area contributed by atoms with Gasteiger partial charge >= 0.3 is 5.97 Å². The maximum Gasteiger partial charge on any atom is 0.323 e. The number of para-hydroxylation sites is 1. The molecule has 1 N–H and O–H groups in total. The minimum absolute atomic E-state index is 0.0218. The van der Waals surface area contributed by atoms with Gasteiger partial charge in [-0.05, 0) is 12.1 Å². The molecule has 1 aliphatic heterocycles. The second-order valence-corrected chi connectivity index (χ2v) is 4.61. The van der Waals surface area contributed by atoms with E-state index in [1.54, 1.807) is 18.9 Å². The molecule has 0 bridgehead atoms. The number of ether oxygens (including phenoxy) is 1. The number of nitrogens with zero attached hydrogens (tertiary/aromatic N) is 1. The molecule has 0 amide bonds. The Balaban J connectivity index is 2.38. The topological polar surface area (TPSA) is 49.8 Å². The van der Waals surface area contributed by atoms with Gasteiger partial charge < -0.3 is 14.7 Å². The summed E-state index contributed by atoms with van der Waals surface area (Å²) in [6, 6.07) is 5.78. The Bertz CT molecular complexity index is 394. The number of thioether (sulfide) groups is 1. The maximum absolute atomic E-state index is 10.8. The predicted octanol–water partition coefficient (Wildman–Crippen LogP) is 1.69. The van der Waals surface area contributed by atoms with Gasteiger partial charge in [-0.2, -0.15) is 0 Å². The summed E-state index contributed by atoms with van der Waals surface area (Å²) in [7, 11) is 1.60. The zero-order valence-electron chi connectivity index (χ0n) is 8.97. The molecule has 0 radical (unpaired) electrons. The number of fused-ring (bicyclic) bond motifs is 1. The second kappa shape index (κ2) is 4.65. The highest BCUT2D eigenvalue weighted by Crippen LogP contribution is 2.41. The number of carboxylic acid groups (broad SMARTS) is 1. The van der Waals surface area contributed by atoms with Crippen LogP contribution in [0.5, 0.6) is 5.75 Å². The van der Waals surface area contributed by atoms with Gasteiger partial charge in [0.1, 0.15) is 12.3 Å². The summed E-state index contributed by atoms with van der Waals surface area (Å²) in [5.41, 5.74) is 0.906. The van der Waals surface area contributed by atoms with Crippen LogP contribution in [-0.2, 0) is 4.79 Å². The van der Waals surface area contributed by atoms with Crippen molar-refractivity contribution in [3.05, 3.63) is 18.2 Å². The molecule has 0 aromatic heterocycles. The van der Waals surface area contributed by atoms with Crippen LogP contribution in [0.4, 0.5) is 5.69 Å². The van der Waals surface area contributed by atoms with Crippen molar-refractivity contribution in [2.24, 2.45) is 0 Å². The first-order chi connectivity index (χ1) is 7.72. The number of carboxylic acids is 1. The minimum Gasteiger partial charge on any atom is -0.495 e. The zero-order chi connectivity index (χ0) is 11.5. The molecule has 1 aliphatic rings. The molecule has 86 valence electrons. The lowest BCUT2D eigenvalue weighted by Crippen LogP contribution is -2.34. The van der Waals surface area contributed by atoms with Crippen molar-refractivity contribution in [3.63, 3.8) is 0 Å². The highest BCUT2D eigenvalue weighted by molar-refractivity contribution is 7.99. The fourth-order valence-electron chi connectivity index (χ4n) is 1.79. The summed E-state index contributed by atoms with van der Waals surface area (Å²) in [5, 5.41) is 8.87. The van der Waals surface area contributed by atoms with Gasteiger partial charge in [0.15, 0.2) is 0 Å². The van der Waals surface area contributed by atoms with E-state index in [9.17, 15) is 4.79 Å². The van der Waals surface area contributed by atoms with Gasteiger partial charge in [0, 0.05) is 17.2 Å². The Morgan fingerprint density at radius 1 is 1.62 bits per heavy atom. The molecule has 1 aromatic rings. The lowest BCUT2D eigenvalue weighted by molar-refractivity contribution is -0.135. The summed E-state index contributed by atoms with van der Waals surface area (Å²) >= 11 is 1.73. The normalized spacial score (nSPS) is 14.4. The van der Waals surface area contributed by atoms with Gasteiger partial charge in [0.2, 0.25) is 0 Å². The molecule has 4 nitrogen and oxygen atoms in total. The molecule has 0 aliphatic carbocycles. The van der Waals surface area contributed by atoms with Crippen LogP contribution in [0.2, 0.25) is 0 Å². The standard InChI is InChI=1S/C11H13NO3S/c1-15-8-3-2-4-9-11(8)12(5-6-16-9)7-10(13)14/h2-4H,5-7H2,1H3,(H,13,14). The van der Waals surface area contributed by atoms with Crippen molar-refractivity contribution in [1.82, 2.24) is 0 Å². The first-order valence-electron chi connectivity index (χ1n) is 4.99. The largest absolute Gasteiger partial charge is 0.495 e. The first kappa shape index (κ1) is 11.1. The van der Waals surface area contributed by atoms with Crippen molar-refractivity contribution >= 4 is 23.4 Å². The molecule has 2 rings (SSSR count). The molecule has 0 saturated heterocycles. The summed E-state index contributed by atoms with van der Waals surface area (Å²) in [5.74, 6) is 0.836. The summed E-state index contributed by atoms with van der Waals surface area (Å²) in [6.45, 7) is 0.762. The van der Waals surface area contributed by atoms with Crippen LogP contribution in [0, 0.1) is 0 Å². The number of benzene rings is 1. The van der Waals surface area contributed by atoms with Crippen LogP contribution >= 0.6 is 11.8 Å². The molecular formula is C11H13NO3S. The highest BCUT2D eigenvalue weighted by atomic mass is 32.2.